The van der Waals surface area contributed by atoms with Crippen molar-refractivity contribution in [3.8, 4) is 0 Å². The summed E-state index contributed by atoms with van der Waals surface area (Å²) in [6.45, 7) is 5.38. The Morgan fingerprint density at radius 2 is 1.90 bits per heavy atom. The van der Waals surface area contributed by atoms with Gasteiger partial charge in [0, 0.05) is 18.6 Å². The van der Waals surface area contributed by atoms with Crippen LogP contribution in [0.1, 0.15) is 38.7 Å². The predicted octanol–water partition coefficient (Wildman–Crippen LogP) is 2.45. The average molecular weight is 311 g/mol. The fourth-order valence-electron chi connectivity index (χ4n) is 3.35. The van der Waals surface area contributed by atoms with Crippen LogP contribution in [-0.2, 0) is 20.2 Å². The van der Waals surface area contributed by atoms with Crippen LogP contribution >= 0.6 is 0 Å². The minimum Gasteiger partial charge on any atom is -0.376 e. The summed E-state index contributed by atoms with van der Waals surface area (Å²) in [6.07, 6.45) is 3.81. The van der Waals surface area contributed by atoms with E-state index in [1.165, 1.54) is 11.8 Å². The van der Waals surface area contributed by atoms with Gasteiger partial charge in [-0.3, -0.25) is 0 Å². The molecule has 1 aliphatic heterocycles. The molecule has 0 radical (unpaired) electrons. The molecule has 5 heteroatoms. The lowest BCUT2D eigenvalue weighted by Gasteiger charge is -2.45. The molecule has 1 fully saturated rings. The lowest BCUT2D eigenvalue weighted by Crippen LogP contribution is -2.45. The first-order chi connectivity index (χ1) is 9.73. The van der Waals surface area contributed by atoms with E-state index in [0.29, 0.717) is 13.2 Å². The molecular formula is C16H25NO3S. The van der Waals surface area contributed by atoms with Gasteiger partial charge in [-0.25, -0.2) is 13.1 Å². The van der Waals surface area contributed by atoms with Crippen LogP contribution < -0.4 is 4.72 Å². The summed E-state index contributed by atoms with van der Waals surface area (Å²) in [6, 6.07) is 10.4. The van der Waals surface area contributed by atoms with E-state index in [9.17, 15) is 8.42 Å². The number of hydrogen-bond acceptors (Lipinski definition) is 3. The minimum atomic E-state index is -3.14. The molecule has 0 aromatic heterocycles. The number of hydrogen-bond donors (Lipinski definition) is 1. The highest BCUT2D eigenvalue weighted by Crippen LogP contribution is 2.43. The van der Waals surface area contributed by atoms with Crippen LogP contribution in [0.15, 0.2) is 30.3 Å². The first-order valence-corrected chi connectivity index (χ1v) is 9.26. The van der Waals surface area contributed by atoms with Crippen molar-refractivity contribution in [2.45, 2.75) is 44.1 Å². The number of benzene rings is 1. The highest BCUT2D eigenvalue weighted by molar-refractivity contribution is 7.88. The van der Waals surface area contributed by atoms with Crippen LogP contribution in [0.3, 0.4) is 0 Å². The molecule has 21 heavy (non-hydrogen) atoms. The van der Waals surface area contributed by atoms with Crippen LogP contribution in [0, 0.1) is 0 Å². The summed E-state index contributed by atoms with van der Waals surface area (Å²) < 4.78 is 31.1. The van der Waals surface area contributed by atoms with Crippen LogP contribution in [0.4, 0.5) is 0 Å². The molecule has 1 aromatic carbocycles. The van der Waals surface area contributed by atoms with E-state index in [1.807, 2.05) is 18.2 Å². The molecule has 0 amide bonds. The van der Waals surface area contributed by atoms with Gasteiger partial charge in [0.25, 0.3) is 0 Å². The monoisotopic (exact) mass is 311 g/mol. The zero-order valence-corrected chi connectivity index (χ0v) is 13.9. The molecule has 0 bridgehead atoms. The molecule has 1 N–H and O–H groups in total. The third kappa shape index (κ3) is 4.53. The van der Waals surface area contributed by atoms with Gasteiger partial charge in [0.15, 0.2) is 0 Å². The third-order valence-electron chi connectivity index (χ3n) is 4.19. The molecular weight excluding hydrogens is 286 g/mol. The van der Waals surface area contributed by atoms with Crippen molar-refractivity contribution in [2.24, 2.45) is 0 Å². The van der Waals surface area contributed by atoms with Crippen molar-refractivity contribution < 1.29 is 13.2 Å². The van der Waals surface area contributed by atoms with Crippen LogP contribution in [0.2, 0.25) is 0 Å². The molecule has 118 valence electrons. The Balaban J connectivity index is 2.22. The van der Waals surface area contributed by atoms with E-state index in [-0.39, 0.29) is 11.0 Å². The van der Waals surface area contributed by atoms with E-state index in [4.69, 9.17) is 4.74 Å². The van der Waals surface area contributed by atoms with Gasteiger partial charge in [-0.2, -0.15) is 0 Å². The molecule has 4 nitrogen and oxygen atoms in total. The topological polar surface area (TPSA) is 55.4 Å². The Morgan fingerprint density at radius 3 is 2.48 bits per heavy atom. The summed E-state index contributed by atoms with van der Waals surface area (Å²) in [7, 11) is -3.14. The Morgan fingerprint density at radius 1 is 1.24 bits per heavy atom. The first kappa shape index (κ1) is 16.5. The van der Waals surface area contributed by atoms with Crippen LogP contribution in [-0.4, -0.2) is 33.4 Å². The number of ether oxygens (including phenoxy) is 1. The fraction of sp³-hybridized carbons (Fsp3) is 0.625. The van der Waals surface area contributed by atoms with Gasteiger partial charge in [-0.15, -0.1) is 0 Å². The molecule has 0 spiro atoms. The summed E-state index contributed by atoms with van der Waals surface area (Å²) in [4.78, 5) is 0. The van der Waals surface area contributed by atoms with Crippen molar-refractivity contribution in [3.63, 3.8) is 0 Å². The van der Waals surface area contributed by atoms with Crippen molar-refractivity contribution in [3.05, 3.63) is 35.9 Å². The molecule has 0 aliphatic carbocycles. The zero-order valence-electron chi connectivity index (χ0n) is 13.1. The Bertz CT molecular complexity index is 568. The summed E-state index contributed by atoms with van der Waals surface area (Å²) in [5.74, 6) is 0. The van der Waals surface area contributed by atoms with Gasteiger partial charge in [0.05, 0.1) is 11.9 Å². The second-order valence-electron chi connectivity index (χ2n) is 6.60. The van der Waals surface area contributed by atoms with Gasteiger partial charge in [0.2, 0.25) is 10.0 Å². The minimum absolute atomic E-state index is 0.0271. The maximum absolute atomic E-state index is 11.3. The number of nitrogens with one attached hydrogen (secondary N) is 1. The summed E-state index contributed by atoms with van der Waals surface area (Å²) >= 11 is 0. The van der Waals surface area contributed by atoms with Crippen molar-refractivity contribution in [1.29, 1.82) is 0 Å². The molecule has 2 rings (SSSR count). The zero-order chi connectivity index (χ0) is 15.6. The van der Waals surface area contributed by atoms with E-state index < -0.39 is 10.0 Å². The van der Waals surface area contributed by atoms with Crippen molar-refractivity contribution >= 4 is 10.0 Å². The van der Waals surface area contributed by atoms with E-state index in [0.717, 1.165) is 19.3 Å². The van der Waals surface area contributed by atoms with Crippen LogP contribution in [0.5, 0.6) is 0 Å². The van der Waals surface area contributed by atoms with E-state index in [2.05, 4.69) is 30.7 Å². The first-order valence-electron chi connectivity index (χ1n) is 7.37. The second-order valence-corrected chi connectivity index (χ2v) is 8.43. The molecule has 1 unspecified atom stereocenters. The second kappa shape index (κ2) is 6.07. The highest BCUT2D eigenvalue weighted by atomic mass is 32.2. The molecule has 1 saturated heterocycles. The van der Waals surface area contributed by atoms with Gasteiger partial charge in [0.1, 0.15) is 0 Å². The maximum Gasteiger partial charge on any atom is 0.208 e. The van der Waals surface area contributed by atoms with Gasteiger partial charge in [-0.05, 0) is 38.7 Å². The highest BCUT2D eigenvalue weighted by Gasteiger charge is 2.41. The normalized spacial score (nSPS) is 25.7. The van der Waals surface area contributed by atoms with Crippen molar-refractivity contribution in [2.75, 3.05) is 19.4 Å². The molecule has 1 heterocycles. The number of rotatable bonds is 5. The van der Waals surface area contributed by atoms with Gasteiger partial charge in [-0.1, -0.05) is 30.3 Å². The standard InChI is InChI=1S/C16H25NO3S/c1-15(2)13-16(10-12-20-15,9-11-17-21(3,18)19)14-7-5-4-6-8-14/h4-8,17H,9-13H2,1-3H3. The SMILES string of the molecule is CC1(C)CC(CCNS(C)(=O)=O)(c2ccccc2)CCO1. The molecule has 1 aliphatic rings. The van der Waals surface area contributed by atoms with Gasteiger partial charge >= 0.3 is 0 Å². The Labute approximate surface area is 127 Å². The predicted molar refractivity (Wildman–Crippen MR) is 84.8 cm³/mol. The lowest BCUT2D eigenvalue weighted by atomic mass is 9.67. The maximum atomic E-state index is 11.3. The Kier molecular flexibility index (Phi) is 4.76. The molecule has 1 atom stereocenters. The molecule has 1 aromatic rings. The quantitative estimate of drug-likeness (QED) is 0.909. The summed E-state index contributed by atoms with van der Waals surface area (Å²) in [5, 5.41) is 0. The molecule has 0 saturated carbocycles. The summed E-state index contributed by atoms with van der Waals surface area (Å²) in [5.41, 5.74) is 1.07. The smallest absolute Gasteiger partial charge is 0.208 e. The Hall–Kier alpha value is -0.910. The lowest BCUT2D eigenvalue weighted by molar-refractivity contribution is -0.0837. The largest absolute Gasteiger partial charge is 0.376 e. The average Bonchev–Trinajstić information content (AvgIpc) is 2.37. The van der Waals surface area contributed by atoms with Gasteiger partial charge < -0.3 is 4.74 Å². The fourth-order valence-corrected chi connectivity index (χ4v) is 3.82. The van der Waals surface area contributed by atoms with Crippen LogP contribution in [0.25, 0.3) is 0 Å². The number of sulfonamides is 1. The van der Waals surface area contributed by atoms with E-state index in [1.54, 1.807) is 0 Å². The third-order valence-corrected chi connectivity index (χ3v) is 4.92. The van der Waals surface area contributed by atoms with Crippen molar-refractivity contribution in [1.82, 2.24) is 4.72 Å². The van der Waals surface area contributed by atoms with E-state index >= 15 is 0 Å².